The van der Waals surface area contributed by atoms with Gasteiger partial charge in [-0.1, -0.05) is 0 Å². The third-order valence-corrected chi connectivity index (χ3v) is 5.41. The Balaban J connectivity index is 0.000000318. The molecule has 4 rings (SSSR count). The van der Waals surface area contributed by atoms with Gasteiger partial charge in [-0.3, -0.25) is 4.79 Å². The maximum atomic E-state index is 12.6. The van der Waals surface area contributed by atoms with Crippen LogP contribution in [0.15, 0.2) is 17.2 Å². The van der Waals surface area contributed by atoms with Gasteiger partial charge < -0.3 is 19.3 Å². The molecule has 1 aliphatic carbocycles. The number of methoxy groups -OCH3 is 1. The number of carbonyl (C=O) groups is 2. The van der Waals surface area contributed by atoms with E-state index in [4.69, 9.17) is 14.6 Å². The molecule has 2 aromatic rings. The largest absolute Gasteiger partial charge is 0.490 e. The summed E-state index contributed by atoms with van der Waals surface area (Å²) >= 11 is 1.44. The van der Waals surface area contributed by atoms with Crippen molar-refractivity contribution >= 4 is 23.2 Å². The number of aromatic nitrogens is 3. The van der Waals surface area contributed by atoms with E-state index in [9.17, 15) is 18.0 Å². The van der Waals surface area contributed by atoms with Gasteiger partial charge in [0, 0.05) is 37.2 Å². The number of amides is 1. The number of nitrogens with zero attached hydrogens (tertiary/aromatic N) is 4. The quantitative estimate of drug-likeness (QED) is 0.759. The summed E-state index contributed by atoms with van der Waals surface area (Å²) in [5, 5.41) is 8.93. The molecule has 0 bridgehead atoms. The molecule has 164 valence electrons. The van der Waals surface area contributed by atoms with Crippen LogP contribution in [0.4, 0.5) is 13.2 Å². The van der Waals surface area contributed by atoms with E-state index in [1.165, 1.54) is 29.9 Å². The lowest BCUT2D eigenvalue weighted by Gasteiger charge is -2.32. The number of alkyl halides is 3. The SMILES string of the molecule is COCC1CN(C(=O)c2cscn2)Cc2ncn(CC3CC3)c21.O=C(O)C(F)(F)F. The third kappa shape index (κ3) is 5.36. The first-order chi connectivity index (χ1) is 14.2. The minimum atomic E-state index is -5.08. The van der Waals surface area contributed by atoms with E-state index >= 15 is 0 Å². The minimum Gasteiger partial charge on any atom is -0.475 e. The summed E-state index contributed by atoms with van der Waals surface area (Å²) in [5.41, 5.74) is 4.47. The van der Waals surface area contributed by atoms with Gasteiger partial charge in [-0.15, -0.1) is 11.3 Å². The van der Waals surface area contributed by atoms with Crippen molar-refractivity contribution in [2.75, 3.05) is 20.3 Å². The number of carbonyl (C=O) groups excluding carboxylic acids is 1. The van der Waals surface area contributed by atoms with Crippen LogP contribution >= 0.6 is 11.3 Å². The first-order valence-corrected chi connectivity index (χ1v) is 10.1. The molecular weight excluding hydrogens is 425 g/mol. The van der Waals surface area contributed by atoms with Crippen LogP contribution in [0.5, 0.6) is 0 Å². The van der Waals surface area contributed by atoms with Crippen molar-refractivity contribution < 1.29 is 32.6 Å². The average Bonchev–Trinajstić information content (AvgIpc) is 3.16. The molecule has 12 heteroatoms. The van der Waals surface area contributed by atoms with Gasteiger partial charge in [-0.2, -0.15) is 13.2 Å². The van der Waals surface area contributed by atoms with Crippen LogP contribution in [0.3, 0.4) is 0 Å². The number of rotatable bonds is 5. The van der Waals surface area contributed by atoms with Gasteiger partial charge >= 0.3 is 12.1 Å². The van der Waals surface area contributed by atoms with E-state index in [0.717, 1.165) is 18.2 Å². The fourth-order valence-corrected chi connectivity index (χ4v) is 3.84. The first kappa shape index (κ1) is 22.2. The highest BCUT2D eigenvalue weighted by atomic mass is 32.1. The zero-order chi connectivity index (χ0) is 21.9. The molecule has 1 atom stereocenters. The normalized spacial score (nSPS) is 18.4. The molecule has 2 aromatic heterocycles. The van der Waals surface area contributed by atoms with Crippen molar-refractivity contribution in [2.24, 2.45) is 5.92 Å². The van der Waals surface area contributed by atoms with Crippen LogP contribution in [0.25, 0.3) is 0 Å². The number of halogens is 3. The topological polar surface area (TPSA) is 97.5 Å². The van der Waals surface area contributed by atoms with E-state index in [0.29, 0.717) is 25.4 Å². The van der Waals surface area contributed by atoms with Crippen molar-refractivity contribution in [1.82, 2.24) is 19.4 Å². The van der Waals surface area contributed by atoms with E-state index in [1.807, 2.05) is 11.2 Å². The van der Waals surface area contributed by atoms with Crippen LogP contribution < -0.4 is 0 Å². The van der Waals surface area contributed by atoms with E-state index in [2.05, 4.69) is 14.5 Å². The van der Waals surface area contributed by atoms with Gasteiger partial charge in [0.1, 0.15) is 5.69 Å². The number of imidazole rings is 1. The van der Waals surface area contributed by atoms with Gasteiger partial charge in [0.25, 0.3) is 5.91 Å². The smallest absolute Gasteiger partial charge is 0.475 e. The van der Waals surface area contributed by atoms with Crippen molar-refractivity contribution in [1.29, 1.82) is 0 Å². The molecule has 1 saturated carbocycles. The lowest BCUT2D eigenvalue weighted by Crippen LogP contribution is -2.40. The summed E-state index contributed by atoms with van der Waals surface area (Å²) in [6.07, 6.45) is -0.519. The number of hydrogen-bond acceptors (Lipinski definition) is 6. The Morgan fingerprint density at radius 3 is 2.57 bits per heavy atom. The van der Waals surface area contributed by atoms with Crippen LogP contribution in [0, 0.1) is 5.92 Å². The number of aliphatic carboxylic acids is 1. The predicted molar refractivity (Wildman–Crippen MR) is 100 cm³/mol. The molecule has 1 amide bonds. The molecule has 3 heterocycles. The molecule has 0 aromatic carbocycles. The third-order valence-electron chi connectivity index (χ3n) is 4.83. The number of carboxylic acids is 1. The summed E-state index contributed by atoms with van der Waals surface area (Å²) in [7, 11) is 1.71. The number of ether oxygens (including phenoxy) is 1. The van der Waals surface area contributed by atoms with Gasteiger partial charge in [0.05, 0.1) is 30.7 Å². The molecule has 2 aliphatic rings. The van der Waals surface area contributed by atoms with E-state index < -0.39 is 12.1 Å². The predicted octanol–water partition coefficient (Wildman–Crippen LogP) is 2.77. The Hall–Kier alpha value is -2.47. The van der Waals surface area contributed by atoms with Gasteiger partial charge in [0.15, 0.2) is 0 Å². The Morgan fingerprint density at radius 1 is 1.33 bits per heavy atom. The molecule has 0 spiro atoms. The summed E-state index contributed by atoms with van der Waals surface area (Å²) in [6.45, 7) is 2.86. The minimum absolute atomic E-state index is 0.0188. The Bertz CT molecular complexity index is 881. The monoisotopic (exact) mass is 446 g/mol. The first-order valence-electron chi connectivity index (χ1n) is 9.21. The summed E-state index contributed by atoms with van der Waals surface area (Å²) in [6, 6.07) is 0. The highest BCUT2D eigenvalue weighted by Gasteiger charge is 2.38. The lowest BCUT2D eigenvalue weighted by atomic mass is 9.98. The second kappa shape index (κ2) is 9.13. The summed E-state index contributed by atoms with van der Waals surface area (Å²) in [4.78, 5) is 32.1. The molecule has 0 radical (unpaired) electrons. The number of thiazole rings is 1. The molecule has 0 saturated heterocycles. The van der Waals surface area contributed by atoms with Crippen LogP contribution in [-0.2, 0) is 22.6 Å². The van der Waals surface area contributed by atoms with Gasteiger partial charge in [0.2, 0.25) is 0 Å². The summed E-state index contributed by atoms with van der Waals surface area (Å²) in [5.74, 6) is -1.80. The average molecular weight is 446 g/mol. The number of carboxylic acid groups (broad SMARTS) is 1. The van der Waals surface area contributed by atoms with Crippen molar-refractivity contribution in [2.45, 2.75) is 38.0 Å². The maximum Gasteiger partial charge on any atom is 0.490 e. The van der Waals surface area contributed by atoms with Gasteiger partial charge in [-0.05, 0) is 18.8 Å². The molecule has 1 fully saturated rings. The standard InChI is InChI=1S/C16H20N4O2S.C2HF3O2/c1-22-7-12-5-19(16(21)14-8-23-10-18-14)6-13-15(12)20(9-17-13)4-11-2-3-11;3-2(4,5)1(6)7/h8-12H,2-7H2,1H3;(H,6,7). The molecule has 1 aliphatic heterocycles. The maximum absolute atomic E-state index is 12.6. The molecule has 30 heavy (non-hydrogen) atoms. The molecule has 1 unspecified atom stereocenters. The van der Waals surface area contributed by atoms with E-state index in [-0.39, 0.29) is 11.8 Å². The zero-order valence-electron chi connectivity index (χ0n) is 16.1. The van der Waals surface area contributed by atoms with Crippen molar-refractivity contribution in [3.05, 3.63) is 34.3 Å². The van der Waals surface area contributed by atoms with Gasteiger partial charge in [-0.25, -0.2) is 14.8 Å². The van der Waals surface area contributed by atoms with E-state index in [1.54, 1.807) is 18.0 Å². The Labute approximate surface area is 174 Å². The summed E-state index contributed by atoms with van der Waals surface area (Å²) < 4.78 is 39.4. The molecule has 1 N–H and O–H groups in total. The lowest BCUT2D eigenvalue weighted by molar-refractivity contribution is -0.192. The fourth-order valence-electron chi connectivity index (χ4n) is 3.32. The Morgan fingerprint density at radius 2 is 2.03 bits per heavy atom. The second-order valence-corrected chi connectivity index (χ2v) is 7.91. The zero-order valence-corrected chi connectivity index (χ0v) is 16.9. The molecular formula is C18H21F3N4O4S. The van der Waals surface area contributed by atoms with Crippen LogP contribution in [0.2, 0.25) is 0 Å². The highest BCUT2D eigenvalue weighted by Crippen LogP contribution is 2.34. The fraction of sp³-hybridized carbons (Fsp3) is 0.556. The Kier molecular flexibility index (Phi) is 6.76. The second-order valence-electron chi connectivity index (χ2n) is 7.19. The number of hydrogen-bond donors (Lipinski definition) is 1. The van der Waals surface area contributed by atoms with Crippen molar-refractivity contribution in [3.8, 4) is 0 Å². The van der Waals surface area contributed by atoms with Crippen LogP contribution in [0.1, 0.15) is 40.6 Å². The van der Waals surface area contributed by atoms with Crippen molar-refractivity contribution in [3.63, 3.8) is 0 Å². The highest BCUT2D eigenvalue weighted by molar-refractivity contribution is 7.07. The number of fused-ring (bicyclic) bond motifs is 1. The molecule has 8 nitrogen and oxygen atoms in total. The van der Waals surface area contributed by atoms with Crippen LogP contribution in [-0.4, -0.2) is 62.9 Å².